The lowest BCUT2D eigenvalue weighted by atomic mass is 9.94. The normalized spacial score (nSPS) is 20.2. The molecule has 1 aromatic rings. The van der Waals surface area contributed by atoms with Gasteiger partial charge < -0.3 is 15.2 Å². The molecule has 1 unspecified atom stereocenters. The molecule has 2 rings (SSSR count). The summed E-state index contributed by atoms with van der Waals surface area (Å²) in [6.45, 7) is 3.17. The summed E-state index contributed by atoms with van der Waals surface area (Å²) < 4.78 is 5.32. The maximum Gasteiger partial charge on any atom is 0.163 e. The van der Waals surface area contributed by atoms with E-state index in [2.05, 4.69) is 12.2 Å². The molecule has 3 nitrogen and oxygen atoms in total. The fraction of sp³-hybridized carbons (Fsp3) is 0.571. The van der Waals surface area contributed by atoms with E-state index < -0.39 is 0 Å². The van der Waals surface area contributed by atoms with Crippen LogP contribution in [0.3, 0.4) is 0 Å². The minimum absolute atomic E-state index is 0.240. The van der Waals surface area contributed by atoms with E-state index in [9.17, 15) is 5.11 Å². The van der Waals surface area contributed by atoms with Gasteiger partial charge in [0.15, 0.2) is 11.5 Å². The number of rotatable bonds is 3. The number of phenolic OH excluding ortho intramolecular Hbond substituents is 1. The van der Waals surface area contributed by atoms with Crippen LogP contribution < -0.4 is 10.1 Å². The zero-order valence-corrected chi connectivity index (χ0v) is 10.6. The summed E-state index contributed by atoms with van der Waals surface area (Å²) in [6, 6.07) is 4.17. The SMILES string of the molecule is COc1c(O)ccc(C)c1CC1CCCCN1. The molecule has 1 saturated heterocycles. The second-order valence-electron chi connectivity index (χ2n) is 4.76. The zero-order valence-electron chi connectivity index (χ0n) is 10.6. The van der Waals surface area contributed by atoms with Gasteiger partial charge in [0.05, 0.1) is 7.11 Å². The molecule has 17 heavy (non-hydrogen) atoms. The summed E-state index contributed by atoms with van der Waals surface area (Å²) in [5, 5.41) is 13.3. The largest absolute Gasteiger partial charge is 0.504 e. The molecule has 0 spiro atoms. The highest BCUT2D eigenvalue weighted by Crippen LogP contribution is 2.33. The number of hydrogen-bond donors (Lipinski definition) is 2. The van der Waals surface area contributed by atoms with Gasteiger partial charge in [0.2, 0.25) is 0 Å². The first-order valence-electron chi connectivity index (χ1n) is 6.31. The lowest BCUT2D eigenvalue weighted by molar-refractivity contribution is 0.358. The van der Waals surface area contributed by atoms with Gasteiger partial charge in [-0.3, -0.25) is 0 Å². The molecule has 1 fully saturated rings. The van der Waals surface area contributed by atoms with Gasteiger partial charge in [-0.2, -0.15) is 0 Å². The lowest BCUT2D eigenvalue weighted by Crippen LogP contribution is -2.35. The average molecular weight is 235 g/mol. The molecule has 1 aromatic carbocycles. The molecule has 1 aliphatic rings. The van der Waals surface area contributed by atoms with E-state index in [4.69, 9.17) is 4.74 Å². The summed E-state index contributed by atoms with van der Waals surface area (Å²) >= 11 is 0. The van der Waals surface area contributed by atoms with Crippen LogP contribution in [0, 0.1) is 6.92 Å². The summed E-state index contributed by atoms with van der Waals surface area (Å²) in [5.74, 6) is 0.876. The molecular weight excluding hydrogens is 214 g/mol. The Labute approximate surface area is 103 Å². The molecule has 1 aliphatic heterocycles. The van der Waals surface area contributed by atoms with Crippen molar-refractivity contribution >= 4 is 0 Å². The van der Waals surface area contributed by atoms with Gasteiger partial charge >= 0.3 is 0 Å². The van der Waals surface area contributed by atoms with Gasteiger partial charge in [-0.05, 0) is 44.4 Å². The van der Waals surface area contributed by atoms with Crippen LogP contribution in [0.5, 0.6) is 11.5 Å². The molecule has 1 atom stereocenters. The van der Waals surface area contributed by atoms with E-state index in [0.717, 1.165) is 18.5 Å². The molecular formula is C14H21NO2. The number of aromatic hydroxyl groups is 1. The minimum Gasteiger partial charge on any atom is -0.504 e. The number of aryl methyl sites for hydroxylation is 1. The fourth-order valence-electron chi connectivity index (χ4n) is 2.54. The van der Waals surface area contributed by atoms with Crippen LogP contribution in [0.15, 0.2) is 12.1 Å². The van der Waals surface area contributed by atoms with E-state index in [1.165, 1.54) is 24.8 Å². The molecule has 0 aromatic heterocycles. The van der Waals surface area contributed by atoms with Crippen molar-refractivity contribution in [2.45, 2.75) is 38.6 Å². The van der Waals surface area contributed by atoms with Gasteiger partial charge in [-0.15, -0.1) is 0 Å². The molecule has 2 N–H and O–H groups in total. The summed E-state index contributed by atoms with van der Waals surface area (Å²) in [5.41, 5.74) is 2.32. The highest BCUT2D eigenvalue weighted by Gasteiger charge is 2.18. The second kappa shape index (κ2) is 5.41. The monoisotopic (exact) mass is 235 g/mol. The van der Waals surface area contributed by atoms with Crippen LogP contribution in [-0.2, 0) is 6.42 Å². The Bertz CT molecular complexity index is 384. The topological polar surface area (TPSA) is 41.5 Å². The van der Waals surface area contributed by atoms with Gasteiger partial charge in [0.25, 0.3) is 0 Å². The number of piperidine rings is 1. The Kier molecular flexibility index (Phi) is 3.89. The van der Waals surface area contributed by atoms with Crippen LogP contribution in [0.2, 0.25) is 0 Å². The van der Waals surface area contributed by atoms with E-state index >= 15 is 0 Å². The first-order chi connectivity index (χ1) is 8.22. The molecule has 0 amide bonds. The number of nitrogens with one attached hydrogen (secondary N) is 1. The van der Waals surface area contributed by atoms with Crippen LogP contribution in [0.1, 0.15) is 30.4 Å². The first kappa shape index (κ1) is 12.2. The Morgan fingerprint density at radius 3 is 2.88 bits per heavy atom. The van der Waals surface area contributed by atoms with Crippen molar-refractivity contribution in [3.8, 4) is 11.5 Å². The summed E-state index contributed by atoms with van der Waals surface area (Å²) in [7, 11) is 1.62. The van der Waals surface area contributed by atoms with Gasteiger partial charge in [0, 0.05) is 11.6 Å². The van der Waals surface area contributed by atoms with Gasteiger partial charge in [0.1, 0.15) is 0 Å². The molecule has 1 heterocycles. The molecule has 0 bridgehead atoms. The second-order valence-corrected chi connectivity index (χ2v) is 4.76. The highest BCUT2D eigenvalue weighted by molar-refractivity contribution is 5.50. The van der Waals surface area contributed by atoms with Gasteiger partial charge in [-0.1, -0.05) is 12.5 Å². The maximum absolute atomic E-state index is 9.80. The lowest BCUT2D eigenvalue weighted by Gasteiger charge is -2.25. The predicted octanol–water partition coefficient (Wildman–Crippen LogP) is 2.39. The minimum atomic E-state index is 0.240. The summed E-state index contributed by atoms with van der Waals surface area (Å²) in [6.07, 6.45) is 4.70. The maximum atomic E-state index is 9.80. The number of hydrogen-bond acceptors (Lipinski definition) is 3. The molecule has 0 saturated carbocycles. The van der Waals surface area contributed by atoms with E-state index in [0.29, 0.717) is 11.8 Å². The van der Waals surface area contributed by atoms with Crippen molar-refractivity contribution in [2.75, 3.05) is 13.7 Å². The first-order valence-corrected chi connectivity index (χ1v) is 6.31. The number of benzene rings is 1. The Morgan fingerprint density at radius 2 is 2.24 bits per heavy atom. The van der Waals surface area contributed by atoms with Crippen molar-refractivity contribution in [3.05, 3.63) is 23.3 Å². The van der Waals surface area contributed by atoms with E-state index in [1.54, 1.807) is 13.2 Å². The molecule has 0 aliphatic carbocycles. The third-order valence-corrected chi connectivity index (χ3v) is 3.54. The third-order valence-electron chi connectivity index (χ3n) is 3.54. The highest BCUT2D eigenvalue weighted by atomic mass is 16.5. The van der Waals surface area contributed by atoms with Gasteiger partial charge in [-0.25, -0.2) is 0 Å². The molecule has 3 heteroatoms. The van der Waals surface area contributed by atoms with Crippen molar-refractivity contribution < 1.29 is 9.84 Å². The van der Waals surface area contributed by atoms with Crippen molar-refractivity contribution in [1.29, 1.82) is 0 Å². The Balaban J connectivity index is 2.21. The fourth-order valence-corrected chi connectivity index (χ4v) is 2.54. The molecule has 94 valence electrons. The number of ether oxygens (including phenoxy) is 1. The van der Waals surface area contributed by atoms with Crippen molar-refractivity contribution in [3.63, 3.8) is 0 Å². The quantitative estimate of drug-likeness (QED) is 0.845. The zero-order chi connectivity index (χ0) is 12.3. The molecule has 0 radical (unpaired) electrons. The van der Waals surface area contributed by atoms with Crippen molar-refractivity contribution in [2.24, 2.45) is 0 Å². The standard InChI is InChI=1S/C14H21NO2/c1-10-6-7-13(16)14(17-2)12(10)9-11-5-3-4-8-15-11/h6-7,11,15-16H,3-5,8-9H2,1-2H3. The number of methoxy groups -OCH3 is 1. The third kappa shape index (κ3) is 2.72. The van der Waals surface area contributed by atoms with Crippen LogP contribution in [0.4, 0.5) is 0 Å². The summed E-state index contributed by atoms with van der Waals surface area (Å²) in [4.78, 5) is 0. The Morgan fingerprint density at radius 1 is 1.41 bits per heavy atom. The van der Waals surface area contributed by atoms with E-state index in [1.807, 2.05) is 6.07 Å². The van der Waals surface area contributed by atoms with Crippen LogP contribution in [0.25, 0.3) is 0 Å². The average Bonchev–Trinajstić information content (AvgIpc) is 2.35. The smallest absolute Gasteiger partial charge is 0.163 e. The van der Waals surface area contributed by atoms with Crippen LogP contribution in [-0.4, -0.2) is 24.8 Å². The van der Waals surface area contributed by atoms with Crippen molar-refractivity contribution in [1.82, 2.24) is 5.32 Å². The Hall–Kier alpha value is -1.22. The predicted molar refractivity (Wildman–Crippen MR) is 68.7 cm³/mol. The number of phenols is 1. The van der Waals surface area contributed by atoms with E-state index in [-0.39, 0.29) is 5.75 Å². The van der Waals surface area contributed by atoms with Crippen LogP contribution >= 0.6 is 0 Å².